The summed E-state index contributed by atoms with van der Waals surface area (Å²) in [6, 6.07) is 10.2. The molecule has 1 aliphatic heterocycles. The molecule has 0 spiro atoms. The quantitative estimate of drug-likeness (QED) is 0.839. The first-order valence-corrected chi connectivity index (χ1v) is 6.81. The zero-order valence-electron chi connectivity index (χ0n) is 11.8. The van der Waals surface area contributed by atoms with Crippen LogP contribution in [0, 0.1) is 13.8 Å². The highest BCUT2D eigenvalue weighted by Gasteiger charge is 2.20. The Kier molecular flexibility index (Phi) is 3.22. The van der Waals surface area contributed by atoms with E-state index < -0.39 is 0 Å². The molecule has 0 aliphatic carbocycles. The van der Waals surface area contributed by atoms with Crippen LogP contribution in [0.4, 0.5) is 5.82 Å². The zero-order valence-corrected chi connectivity index (χ0v) is 11.8. The van der Waals surface area contributed by atoms with Crippen molar-refractivity contribution in [1.29, 1.82) is 0 Å². The van der Waals surface area contributed by atoms with Crippen molar-refractivity contribution in [2.24, 2.45) is 0 Å². The summed E-state index contributed by atoms with van der Waals surface area (Å²) in [5.41, 5.74) is 4.42. The molecule has 4 nitrogen and oxygen atoms in total. The summed E-state index contributed by atoms with van der Waals surface area (Å²) in [5, 5.41) is 8.56. The van der Waals surface area contributed by atoms with E-state index in [0.29, 0.717) is 13.0 Å². The molecule has 0 atom stereocenters. The van der Waals surface area contributed by atoms with E-state index >= 15 is 0 Å². The van der Waals surface area contributed by atoms with Crippen LogP contribution in [0.15, 0.2) is 30.3 Å². The third kappa shape index (κ3) is 2.41. The fourth-order valence-corrected chi connectivity index (χ4v) is 2.56. The smallest absolute Gasteiger partial charge is 0.153 e. The van der Waals surface area contributed by atoms with Crippen LogP contribution in [-0.2, 0) is 4.79 Å². The molecule has 0 bridgehead atoms. The highest BCUT2D eigenvalue weighted by atomic mass is 16.1. The first-order valence-electron chi connectivity index (χ1n) is 6.81. The first-order chi connectivity index (χ1) is 9.63. The maximum absolute atomic E-state index is 11.3. The maximum atomic E-state index is 11.3. The number of benzene rings is 1. The van der Waals surface area contributed by atoms with Crippen LogP contribution in [-0.4, -0.2) is 29.1 Å². The van der Waals surface area contributed by atoms with Gasteiger partial charge in [-0.05, 0) is 31.5 Å². The van der Waals surface area contributed by atoms with E-state index in [1.54, 1.807) is 0 Å². The Hall–Kier alpha value is -2.23. The standard InChI is InChI=1S/C16H17N3O/c1-11-3-4-14(12(2)9-11)15-5-6-16(18-17-15)19-8-7-13(20)10-19/h3-6,9H,7-8,10H2,1-2H3. The topological polar surface area (TPSA) is 46.1 Å². The third-order valence-electron chi connectivity index (χ3n) is 3.66. The van der Waals surface area contributed by atoms with Gasteiger partial charge in [0.1, 0.15) is 0 Å². The van der Waals surface area contributed by atoms with Gasteiger partial charge in [-0.1, -0.05) is 23.8 Å². The van der Waals surface area contributed by atoms with Gasteiger partial charge in [0.05, 0.1) is 12.2 Å². The number of Topliss-reactive ketones (excluding diaryl/α,β-unsaturated/α-hetero) is 1. The molecular formula is C16H17N3O. The van der Waals surface area contributed by atoms with Gasteiger partial charge in [-0.2, -0.15) is 0 Å². The van der Waals surface area contributed by atoms with Crippen LogP contribution in [0.5, 0.6) is 0 Å². The number of anilines is 1. The average molecular weight is 267 g/mol. The molecule has 1 aromatic carbocycles. The molecule has 0 N–H and O–H groups in total. The van der Waals surface area contributed by atoms with Crippen LogP contribution >= 0.6 is 0 Å². The second-order valence-corrected chi connectivity index (χ2v) is 5.31. The van der Waals surface area contributed by atoms with Crippen molar-refractivity contribution in [2.75, 3.05) is 18.0 Å². The Bertz CT molecular complexity index is 649. The van der Waals surface area contributed by atoms with E-state index in [9.17, 15) is 4.79 Å². The number of aromatic nitrogens is 2. The molecule has 1 aromatic heterocycles. The molecule has 1 saturated heterocycles. The van der Waals surface area contributed by atoms with Crippen molar-refractivity contribution in [3.05, 3.63) is 41.5 Å². The Morgan fingerprint density at radius 3 is 2.55 bits per heavy atom. The fourth-order valence-electron chi connectivity index (χ4n) is 2.56. The lowest BCUT2D eigenvalue weighted by Gasteiger charge is -2.14. The van der Waals surface area contributed by atoms with Crippen LogP contribution in [0.1, 0.15) is 17.5 Å². The second kappa shape index (κ2) is 5.04. The fraction of sp³-hybridized carbons (Fsp3) is 0.312. The van der Waals surface area contributed by atoms with Gasteiger partial charge < -0.3 is 4.90 Å². The van der Waals surface area contributed by atoms with Crippen molar-refractivity contribution in [3.63, 3.8) is 0 Å². The molecule has 4 heteroatoms. The number of carbonyl (C=O) groups excluding carboxylic acids is 1. The molecule has 2 heterocycles. The Balaban J connectivity index is 1.87. The second-order valence-electron chi connectivity index (χ2n) is 5.31. The van der Waals surface area contributed by atoms with E-state index in [2.05, 4.69) is 42.2 Å². The molecule has 0 saturated carbocycles. The summed E-state index contributed by atoms with van der Waals surface area (Å²) in [6.07, 6.45) is 0.612. The summed E-state index contributed by atoms with van der Waals surface area (Å²) < 4.78 is 0. The predicted molar refractivity (Wildman–Crippen MR) is 78.8 cm³/mol. The minimum Gasteiger partial charge on any atom is -0.347 e. The van der Waals surface area contributed by atoms with Crippen molar-refractivity contribution in [2.45, 2.75) is 20.3 Å². The van der Waals surface area contributed by atoms with Crippen molar-refractivity contribution in [1.82, 2.24) is 10.2 Å². The van der Waals surface area contributed by atoms with Gasteiger partial charge in [0.15, 0.2) is 11.6 Å². The van der Waals surface area contributed by atoms with Gasteiger partial charge in [0.25, 0.3) is 0 Å². The van der Waals surface area contributed by atoms with Gasteiger partial charge in [0.2, 0.25) is 0 Å². The number of nitrogens with zero attached hydrogens (tertiary/aromatic N) is 3. The predicted octanol–water partition coefficient (Wildman–Crippen LogP) is 2.54. The van der Waals surface area contributed by atoms with Crippen molar-refractivity contribution < 1.29 is 4.79 Å². The van der Waals surface area contributed by atoms with E-state index in [4.69, 9.17) is 0 Å². The SMILES string of the molecule is Cc1ccc(-c2ccc(N3CCC(=O)C3)nn2)c(C)c1. The van der Waals surface area contributed by atoms with E-state index in [0.717, 1.165) is 23.6 Å². The molecule has 2 aromatic rings. The number of ketones is 1. The molecule has 20 heavy (non-hydrogen) atoms. The lowest BCUT2D eigenvalue weighted by molar-refractivity contribution is -0.116. The normalized spacial score (nSPS) is 14.9. The highest BCUT2D eigenvalue weighted by molar-refractivity contribution is 5.86. The lowest BCUT2D eigenvalue weighted by Crippen LogP contribution is -2.21. The molecular weight excluding hydrogens is 250 g/mol. The van der Waals surface area contributed by atoms with E-state index in [1.165, 1.54) is 11.1 Å². The number of hydrogen-bond donors (Lipinski definition) is 0. The molecule has 102 valence electrons. The summed E-state index contributed by atoms with van der Waals surface area (Å²) in [5.74, 6) is 1.05. The Morgan fingerprint density at radius 1 is 1.10 bits per heavy atom. The van der Waals surface area contributed by atoms with Crippen LogP contribution in [0.25, 0.3) is 11.3 Å². The molecule has 0 radical (unpaired) electrons. The highest BCUT2D eigenvalue weighted by Crippen LogP contribution is 2.23. The summed E-state index contributed by atoms with van der Waals surface area (Å²) >= 11 is 0. The third-order valence-corrected chi connectivity index (χ3v) is 3.66. The summed E-state index contributed by atoms with van der Waals surface area (Å²) in [7, 11) is 0. The monoisotopic (exact) mass is 267 g/mol. The number of hydrogen-bond acceptors (Lipinski definition) is 4. The van der Waals surface area contributed by atoms with Crippen molar-refractivity contribution in [3.8, 4) is 11.3 Å². The van der Waals surface area contributed by atoms with Crippen LogP contribution in [0.3, 0.4) is 0 Å². The number of rotatable bonds is 2. The van der Waals surface area contributed by atoms with Gasteiger partial charge in [-0.15, -0.1) is 10.2 Å². The molecule has 0 amide bonds. The zero-order chi connectivity index (χ0) is 14.1. The summed E-state index contributed by atoms with van der Waals surface area (Å²) in [6.45, 7) is 5.36. The van der Waals surface area contributed by atoms with Gasteiger partial charge in [-0.3, -0.25) is 4.79 Å². The molecule has 1 fully saturated rings. The van der Waals surface area contributed by atoms with Crippen molar-refractivity contribution >= 4 is 11.6 Å². The van der Waals surface area contributed by atoms with E-state index in [1.807, 2.05) is 17.0 Å². The molecule has 3 rings (SSSR count). The van der Waals surface area contributed by atoms with Gasteiger partial charge >= 0.3 is 0 Å². The minimum atomic E-state index is 0.269. The first kappa shape index (κ1) is 12.8. The maximum Gasteiger partial charge on any atom is 0.153 e. The lowest BCUT2D eigenvalue weighted by atomic mass is 10.0. The van der Waals surface area contributed by atoms with Gasteiger partial charge in [-0.25, -0.2) is 0 Å². The Morgan fingerprint density at radius 2 is 1.95 bits per heavy atom. The number of aryl methyl sites for hydroxylation is 2. The number of carbonyl (C=O) groups is 1. The van der Waals surface area contributed by atoms with E-state index in [-0.39, 0.29) is 5.78 Å². The van der Waals surface area contributed by atoms with Crippen LogP contribution < -0.4 is 4.90 Å². The average Bonchev–Trinajstić information content (AvgIpc) is 2.86. The largest absolute Gasteiger partial charge is 0.347 e. The van der Waals surface area contributed by atoms with Gasteiger partial charge in [0, 0.05) is 18.5 Å². The minimum absolute atomic E-state index is 0.269. The summed E-state index contributed by atoms with van der Waals surface area (Å²) in [4.78, 5) is 13.3. The van der Waals surface area contributed by atoms with Crippen LogP contribution in [0.2, 0.25) is 0 Å². The Labute approximate surface area is 118 Å². The molecule has 1 aliphatic rings. The molecule has 0 unspecified atom stereocenters.